The van der Waals surface area contributed by atoms with Gasteiger partial charge in [0, 0.05) is 12.1 Å². The molecule has 3 aromatic rings. The van der Waals surface area contributed by atoms with Crippen LogP contribution >= 0.6 is 11.8 Å². The van der Waals surface area contributed by atoms with Crippen molar-refractivity contribution in [3.63, 3.8) is 0 Å². The van der Waals surface area contributed by atoms with E-state index >= 15 is 0 Å². The lowest BCUT2D eigenvalue weighted by Crippen LogP contribution is -2.47. The number of thioether (sulfide) groups is 1. The van der Waals surface area contributed by atoms with E-state index in [0.717, 1.165) is 22.8 Å². The van der Waals surface area contributed by atoms with Gasteiger partial charge in [-0.3, -0.25) is 9.36 Å². The van der Waals surface area contributed by atoms with Crippen molar-refractivity contribution in [2.24, 2.45) is 0 Å². The van der Waals surface area contributed by atoms with Gasteiger partial charge in [-0.15, -0.1) is 16.6 Å². The Labute approximate surface area is 200 Å². The minimum absolute atomic E-state index is 0.118. The Balaban J connectivity index is 1.85. The Morgan fingerprint density at radius 3 is 2.39 bits per heavy atom. The Morgan fingerprint density at radius 2 is 1.79 bits per heavy atom. The molecule has 6 nitrogen and oxygen atoms in total. The average molecular weight is 463 g/mol. The maximum absolute atomic E-state index is 12.7. The molecule has 0 aliphatic heterocycles. The third kappa shape index (κ3) is 6.17. The zero-order chi connectivity index (χ0) is 23.7. The van der Waals surface area contributed by atoms with Crippen LogP contribution in [0, 0.1) is 12.3 Å². The predicted molar refractivity (Wildman–Crippen MR) is 133 cm³/mol. The maximum atomic E-state index is 12.7. The van der Waals surface area contributed by atoms with E-state index in [1.165, 1.54) is 11.8 Å². The normalized spacial score (nSPS) is 11.1. The number of amides is 1. The Bertz CT molecular complexity index is 1080. The first-order valence-electron chi connectivity index (χ1n) is 11.2. The van der Waals surface area contributed by atoms with Gasteiger partial charge in [0.25, 0.3) is 0 Å². The molecule has 0 unspecified atom stereocenters. The van der Waals surface area contributed by atoms with Crippen molar-refractivity contribution in [2.45, 2.75) is 50.7 Å². The van der Waals surface area contributed by atoms with Gasteiger partial charge in [-0.2, -0.15) is 0 Å². The van der Waals surface area contributed by atoms with Crippen LogP contribution in [0.4, 0.5) is 0 Å². The molecule has 0 saturated carbocycles. The number of nitrogens with one attached hydrogen (secondary N) is 1. The number of hydrogen-bond acceptors (Lipinski definition) is 5. The summed E-state index contributed by atoms with van der Waals surface area (Å²) in [7, 11) is 0. The summed E-state index contributed by atoms with van der Waals surface area (Å²) in [5.41, 5.74) is 1.44. The van der Waals surface area contributed by atoms with Crippen molar-refractivity contribution in [2.75, 3.05) is 12.4 Å². The fourth-order valence-electron chi connectivity index (χ4n) is 3.50. The third-order valence-electron chi connectivity index (χ3n) is 5.51. The summed E-state index contributed by atoms with van der Waals surface area (Å²) in [6.45, 7) is 6.53. The first-order chi connectivity index (χ1) is 16.0. The van der Waals surface area contributed by atoms with Gasteiger partial charge < -0.3 is 10.1 Å². The minimum atomic E-state index is -0.612. The highest BCUT2D eigenvalue weighted by atomic mass is 32.2. The molecule has 2 aromatic carbocycles. The number of hydrogen-bond donors (Lipinski definition) is 1. The van der Waals surface area contributed by atoms with Crippen molar-refractivity contribution in [1.82, 2.24) is 20.1 Å². The standard InChI is InChI=1S/C26H30N4O2S/c1-5-26(6-2,7-3)27-24(31)19-33-25-29-28-23(18-20-12-10-9-11-13-20)30(25)21-14-16-22(17-15-21)32-8-4/h1,9-17H,6-8,18-19H2,2-4H3,(H,27,31). The molecule has 0 radical (unpaired) electrons. The van der Waals surface area contributed by atoms with Gasteiger partial charge in [0.05, 0.1) is 12.4 Å². The molecule has 172 valence electrons. The van der Waals surface area contributed by atoms with Crippen molar-refractivity contribution < 1.29 is 9.53 Å². The first kappa shape index (κ1) is 24.4. The maximum Gasteiger partial charge on any atom is 0.231 e. The van der Waals surface area contributed by atoms with E-state index in [1.54, 1.807) is 0 Å². The zero-order valence-electron chi connectivity index (χ0n) is 19.4. The molecule has 0 bridgehead atoms. The van der Waals surface area contributed by atoms with Crippen molar-refractivity contribution in [3.8, 4) is 23.8 Å². The minimum Gasteiger partial charge on any atom is -0.494 e. The largest absolute Gasteiger partial charge is 0.494 e. The molecule has 0 aliphatic carbocycles. The van der Waals surface area contributed by atoms with Gasteiger partial charge in [-0.1, -0.05) is 61.9 Å². The van der Waals surface area contributed by atoms with E-state index in [4.69, 9.17) is 11.2 Å². The zero-order valence-corrected chi connectivity index (χ0v) is 20.2. The van der Waals surface area contributed by atoms with Gasteiger partial charge in [0.1, 0.15) is 17.1 Å². The van der Waals surface area contributed by atoms with Gasteiger partial charge >= 0.3 is 0 Å². The molecule has 7 heteroatoms. The number of benzene rings is 2. The van der Waals surface area contributed by atoms with Crippen LogP contribution in [-0.2, 0) is 11.2 Å². The molecule has 3 rings (SSSR count). The van der Waals surface area contributed by atoms with Crippen LogP contribution in [0.3, 0.4) is 0 Å². The molecule has 1 amide bonds. The van der Waals surface area contributed by atoms with Crippen LogP contribution in [0.25, 0.3) is 5.69 Å². The molecular weight excluding hydrogens is 432 g/mol. The average Bonchev–Trinajstić information content (AvgIpc) is 3.25. The van der Waals surface area contributed by atoms with Crippen LogP contribution in [0.15, 0.2) is 59.8 Å². The number of nitrogens with zero attached hydrogens (tertiary/aromatic N) is 3. The molecule has 0 atom stereocenters. The van der Waals surface area contributed by atoms with E-state index in [-0.39, 0.29) is 11.7 Å². The molecule has 33 heavy (non-hydrogen) atoms. The highest BCUT2D eigenvalue weighted by molar-refractivity contribution is 7.99. The Morgan fingerprint density at radius 1 is 1.09 bits per heavy atom. The van der Waals surface area contributed by atoms with Gasteiger partial charge in [-0.25, -0.2) is 0 Å². The molecule has 0 saturated heterocycles. The lowest BCUT2D eigenvalue weighted by Gasteiger charge is -2.26. The third-order valence-corrected chi connectivity index (χ3v) is 6.43. The lowest BCUT2D eigenvalue weighted by molar-refractivity contribution is -0.119. The second-order valence-electron chi connectivity index (χ2n) is 7.59. The molecular formula is C26H30N4O2S. The number of terminal acetylenes is 1. The molecule has 0 fully saturated rings. The van der Waals surface area contributed by atoms with E-state index < -0.39 is 5.54 Å². The topological polar surface area (TPSA) is 69.0 Å². The van der Waals surface area contributed by atoms with Gasteiger partial charge in [0.15, 0.2) is 5.16 Å². The smallest absolute Gasteiger partial charge is 0.231 e. The number of aromatic nitrogens is 3. The Hall–Kier alpha value is -3.24. The number of rotatable bonds is 11. The first-order valence-corrected chi connectivity index (χ1v) is 12.2. The van der Waals surface area contributed by atoms with Gasteiger partial charge in [-0.05, 0) is 49.6 Å². The number of carbonyl (C=O) groups is 1. The molecule has 1 aromatic heterocycles. The summed E-state index contributed by atoms with van der Waals surface area (Å²) in [5.74, 6) is 4.42. The number of ether oxygens (including phenoxy) is 1. The van der Waals surface area contributed by atoms with Crippen LogP contribution in [0.5, 0.6) is 5.75 Å². The fraction of sp³-hybridized carbons (Fsp3) is 0.346. The summed E-state index contributed by atoms with van der Waals surface area (Å²) in [6, 6.07) is 17.9. The summed E-state index contributed by atoms with van der Waals surface area (Å²) in [5, 5.41) is 12.5. The summed E-state index contributed by atoms with van der Waals surface area (Å²) in [6.07, 6.45) is 7.67. The van der Waals surface area contributed by atoms with Crippen LogP contribution in [0.1, 0.15) is 45.0 Å². The van der Waals surface area contributed by atoms with E-state index in [9.17, 15) is 4.79 Å². The fourth-order valence-corrected chi connectivity index (χ4v) is 4.28. The van der Waals surface area contributed by atoms with Crippen LogP contribution in [-0.4, -0.2) is 38.6 Å². The van der Waals surface area contributed by atoms with E-state index in [2.05, 4.69) is 33.6 Å². The SMILES string of the molecule is C#CC(CC)(CC)NC(=O)CSc1nnc(Cc2ccccc2)n1-c1ccc(OCC)cc1. The summed E-state index contributed by atoms with van der Waals surface area (Å²) < 4.78 is 7.57. The van der Waals surface area contributed by atoms with Crippen molar-refractivity contribution >= 4 is 17.7 Å². The Kier molecular flexibility index (Phi) is 8.56. The van der Waals surface area contributed by atoms with Crippen molar-refractivity contribution in [3.05, 3.63) is 66.0 Å². The van der Waals surface area contributed by atoms with Crippen LogP contribution in [0.2, 0.25) is 0 Å². The van der Waals surface area contributed by atoms with Crippen molar-refractivity contribution in [1.29, 1.82) is 0 Å². The van der Waals surface area contributed by atoms with Crippen LogP contribution < -0.4 is 10.1 Å². The quantitative estimate of drug-likeness (QED) is 0.332. The highest BCUT2D eigenvalue weighted by Gasteiger charge is 2.25. The lowest BCUT2D eigenvalue weighted by atomic mass is 9.94. The summed E-state index contributed by atoms with van der Waals surface area (Å²) >= 11 is 1.35. The molecule has 0 aliphatic rings. The second kappa shape index (κ2) is 11.6. The highest BCUT2D eigenvalue weighted by Crippen LogP contribution is 2.25. The number of carbonyl (C=O) groups excluding carboxylic acids is 1. The summed E-state index contributed by atoms with van der Waals surface area (Å²) in [4.78, 5) is 12.7. The van der Waals surface area contributed by atoms with E-state index in [0.29, 0.717) is 31.0 Å². The molecule has 0 spiro atoms. The molecule has 1 N–H and O–H groups in total. The monoisotopic (exact) mass is 462 g/mol. The molecule has 1 heterocycles. The second-order valence-corrected chi connectivity index (χ2v) is 8.54. The van der Waals surface area contributed by atoms with Gasteiger partial charge in [0.2, 0.25) is 5.91 Å². The van der Waals surface area contributed by atoms with E-state index in [1.807, 2.05) is 67.8 Å². The predicted octanol–water partition coefficient (Wildman–Crippen LogP) is 4.66.